The molecule has 0 aliphatic carbocycles. The van der Waals surface area contributed by atoms with E-state index >= 15 is 0 Å². The van der Waals surface area contributed by atoms with Crippen LogP contribution in [0.2, 0.25) is 0 Å². The molecule has 1 atom stereocenters. The maximum absolute atomic E-state index is 12.9. The number of aromatic nitrogens is 3. The van der Waals surface area contributed by atoms with Gasteiger partial charge in [0.2, 0.25) is 10.0 Å². The number of nitrogens with zero attached hydrogens (tertiary/aromatic N) is 3. The van der Waals surface area contributed by atoms with Crippen LogP contribution in [0.4, 0.5) is 5.69 Å². The van der Waals surface area contributed by atoms with Crippen molar-refractivity contribution in [3.05, 3.63) is 75.9 Å². The van der Waals surface area contributed by atoms with Crippen LogP contribution in [0.5, 0.6) is 5.75 Å². The zero-order chi connectivity index (χ0) is 20.3. The molecule has 10 nitrogen and oxygen atoms in total. The number of nitrogens with one attached hydrogen (secondary N) is 2. The van der Waals surface area contributed by atoms with Crippen LogP contribution in [-0.4, -0.2) is 35.6 Å². The molecule has 0 spiro atoms. The summed E-state index contributed by atoms with van der Waals surface area (Å²) in [5.41, 5.74) is 0.170. The third-order valence-corrected chi connectivity index (χ3v) is 5.36. The molecule has 146 valence electrons. The smallest absolute Gasteiger partial charge is 0.312 e. The van der Waals surface area contributed by atoms with Crippen molar-refractivity contribution < 1.29 is 18.1 Å². The Morgan fingerprint density at radius 2 is 1.93 bits per heavy atom. The lowest BCUT2D eigenvalue weighted by molar-refractivity contribution is -0.386. The molecular weight excluding hydrogens is 386 g/mol. The van der Waals surface area contributed by atoms with Crippen molar-refractivity contribution in [2.45, 2.75) is 17.9 Å². The first kappa shape index (κ1) is 19.5. The van der Waals surface area contributed by atoms with Gasteiger partial charge in [-0.3, -0.25) is 15.2 Å². The summed E-state index contributed by atoms with van der Waals surface area (Å²) in [5.74, 6) is 0.721. The predicted octanol–water partition coefficient (Wildman–Crippen LogP) is 2.10. The van der Waals surface area contributed by atoms with Crippen LogP contribution in [0.3, 0.4) is 0 Å². The normalized spacial score (nSPS) is 12.5. The Labute approximate surface area is 160 Å². The number of methoxy groups -OCH3 is 1. The van der Waals surface area contributed by atoms with Crippen LogP contribution < -0.4 is 9.46 Å². The lowest BCUT2D eigenvalue weighted by Crippen LogP contribution is -2.30. The summed E-state index contributed by atoms with van der Waals surface area (Å²) in [7, 11) is -2.86. The molecule has 0 saturated heterocycles. The Balaban J connectivity index is 2.03. The number of H-pyrrole nitrogens is 1. The van der Waals surface area contributed by atoms with E-state index in [-0.39, 0.29) is 16.5 Å². The fraction of sp³-hybridized carbons (Fsp3) is 0.176. The summed E-state index contributed by atoms with van der Waals surface area (Å²) in [4.78, 5) is 14.5. The summed E-state index contributed by atoms with van der Waals surface area (Å²) >= 11 is 0. The zero-order valence-corrected chi connectivity index (χ0v) is 15.8. The molecular formula is C17H17N5O5S. The van der Waals surface area contributed by atoms with Crippen LogP contribution in [0.25, 0.3) is 0 Å². The number of nitro benzene ring substituents is 1. The van der Waals surface area contributed by atoms with Gasteiger partial charge in [-0.05, 0) is 24.6 Å². The number of rotatable bonds is 7. The van der Waals surface area contributed by atoms with Gasteiger partial charge in [-0.25, -0.2) is 13.4 Å². The molecule has 0 bridgehead atoms. The molecule has 0 radical (unpaired) electrons. The first-order chi connectivity index (χ1) is 13.3. The standard InChI is InChI=1S/C17H17N5O5S/c1-11-18-17(20-19-11)16(12-6-4-3-5-7-12)21-28(25,26)13-8-9-15(27-2)14(10-13)22(23)24/h3-10,16,21H,1-2H3,(H,18,19,20). The van der Waals surface area contributed by atoms with Crippen LogP contribution in [0, 0.1) is 17.0 Å². The highest BCUT2D eigenvalue weighted by Crippen LogP contribution is 2.30. The van der Waals surface area contributed by atoms with E-state index in [0.29, 0.717) is 11.4 Å². The second kappa shape index (κ2) is 7.74. The van der Waals surface area contributed by atoms with Gasteiger partial charge in [0.05, 0.1) is 16.9 Å². The highest BCUT2D eigenvalue weighted by Gasteiger charge is 2.28. The maximum atomic E-state index is 12.9. The monoisotopic (exact) mass is 403 g/mol. The van der Waals surface area contributed by atoms with Crippen LogP contribution in [0.15, 0.2) is 53.4 Å². The van der Waals surface area contributed by atoms with E-state index in [1.165, 1.54) is 19.2 Å². The molecule has 28 heavy (non-hydrogen) atoms. The summed E-state index contributed by atoms with van der Waals surface area (Å²) in [6.07, 6.45) is 0. The summed E-state index contributed by atoms with van der Waals surface area (Å²) in [5, 5.41) is 17.9. The number of aromatic amines is 1. The molecule has 0 aliphatic rings. The molecule has 1 heterocycles. The van der Waals surface area contributed by atoms with Crippen molar-refractivity contribution in [2.24, 2.45) is 0 Å². The SMILES string of the molecule is COc1ccc(S(=O)(=O)NC(c2ccccc2)c2n[nH]c(C)n2)cc1[N+](=O)[O-]. The van der Waals surface area contributed by atoms with Gasteiger partial charge in [0.25, 0.3) is 0 Å². The van der Waals surface area contributed by atoms with Crippen molar-refractivity contribution in [1.29, 1.82) is 0 Å². The Morgan fingerprint density at radius 3 is 2.50 bits per heavy atom. The van der Waals surface area contributed by atoms with E-state index in [1.54, 1.807) is 37.3 Å². The van der Waals surface area contributed by atoms with E-state index in [1.807, 2.05) is 0 Å². The van der Waals surface area contributed by atoms with Crippen LogP contribution in [0.1, 0.15) is 23.3 Å². The Bertz CT molecular complexity index is 1100. The fourth-order valence-corrected chi connectivity index (χ4v) is 3.81. The topological polar surface area (TPSA) is 140 Å². The molecule has 0 fully saturated rings. The number of ether oxygens (including phenoxy) is 1. The van der Waals surface area contributed by atoms with E-state index < -0.39 is 26.7 Å². The van der Waals surface area contributed by atoms with Crippen molar-refractivity contribution in [1.82, 2.24) is 19.9 Å². The maximum Gasteiger partial charge on any atom is 0.312 e. The molecule has 1 aromatic heterocycles. The first-order valence-electron chi connectivity index (χ1n) is 8.10. The van der Waals surface area contributed by atoms with E-state index in [0.717, 1.165) is 6.07 Å². The predicted molar refractivity (Wildman–Crippen MR) is 99.4 cm³/mol. The van der Waals surface area contributed by atoms with Crippen molar-refractivity contribution in [3.63, 3.8) is 0 Å². The molecule has 3 rings (SSSR count). The molecule has 0 amide bonds. The number of nitro groups is 1. The van der Waals surface area contributed by atoms with Gasteiger partial charge in [0.15, 0.2) is 11.6 Å². The number of benzene rings is 2. The first-order valence-corrected chi connectivity index (χ1v) is 9.59. The van der Waals surface area contributed by atoms with Crippen molar-refractivity contribution >= 4 is 15.7 Å². The van der Waals surface area contributed by atoms with E-state index in [4.69, 9.17) is 4.74 Å². The van der Waals surface area contributed by atoms with Crippen LogP contribution in [-0.2, 0) is 10.0 Å². The van der Waals surface area contributed by atoms with Gasteiger partial charge in [-0.1, -0.05) is 30.3 Å². The van der Waals surface area contributed by atoms with Gasteiger partial charge in [-0.2, -0.15) is 9.82 Å². The number of aryl methyl sites for hydroxylation is 1. The lowest BCUT2D eigenvalue weighted by atomic mass is 10.1. The summed E-state index contributed by atoms with van der Waals surface area (Å²) in [6.45, 7) is 1.69. The Morgan fingerprint density at radius 1 is 1.21 bits per heavy atom. The highest BCUT2D eigenvalue weighted by atomic mass is 32.2. The molecule has 0 saturated carbocycles. The van der Waals surface area contributed by atoms with Crippen molar-refractivity contribution in [3.8, 4) is 5.75 Å². The number of sulfonamides is 1. The van der Waals surface area contributed by atoms with Crippen LogP contribution >= 0.6 is 0 Å². The molecule has 2 aromatic carbocycles. The number of hydrogen-bond donors (Lipinski definition) is 2. The Hall–Kier alpha value is -3.31. The average Bonchev–Trinajstić information content (AvgIpc) is 3.12. The highest BCUT2D eigenvalue weighted by molar-refractivity contribution is 7.89. The molecule has 0 aliphatic heterocycles. The van der Waals surface area contributed by atoms with Gasteiger partial charge in [0.1, 0.15) is 11.9 Å². The summed E-state index contributed by atoms with van der Waals surface area (Å²) < 4.78 is 33.3. The molecule has 11 heteroatoms. The van der Waals surface area contributed by atoms with Gasteiger partial charge in [-0.15, -0.1) is 0 Å². The minimum atomic E-state index is -4.13. The van der Waals surface area contributed by atoms with Crippen molar-refractivity contribution in [2.75, 3.05) is 7.11 Å². The minimum absolute atomic E-state index is 0.0341. The largest absolute Gasteiger partial charge is 0.490 e. The summed E-state index contributed by atoms with van der Waals surface area (Å²) in [6, 6.07) is 11.3. The second-order valence-corrected chi connectivity index (χ2v) is 7.55. The quantitative estimate of drug-likeness (QED) is 0.455. The molecule has 3 aromatic rings. The zero-order valence-electron chi connectivity index (χ0n) is 15.0. The number of hydrogen-bond acceptors (Lipinski definition) is 7. The van der Waals surface area contributed by atoms with Gasteiger partial charge >= 0.3 is 5.69 Å². The lowest BCUT2D eigenvalue weighted by Gasteiger charge is -2.16. The Kier molecular flexibility index (Phi) is 5.38. The average molecular weight is 403 g/mol. The minimum Gasteiger partial charge on any atom is -0.490 e. The van der Waals surface area contributed by atoms with Gasteiger partial charge < -0.3 is 4.74 Å². The fourth-order valence-electron chi connectivity index (χ4n) is 2.61. The molecule has 1 unspecified atom stereocenters. The third-order valence-electron chi connectivity index (χ3n) is 3.94. The van der Waals surface area contributed by atoms with Gasteiger partial charge in [0, 0.05) is 6.07 Å². The van der Waals surface area contributed by atoms with E-state index in [9.17, 15) is 18.5 Å². The third kappa shape index (κ3) is 4.00. The second-order valence-electron chi connectivity index (χ2n) is 5.83. The van der Waals surface area contributed by atoms with E-state index in [2.05, 4.69) is 19.9 Å². The molecule has 2 N–H and O–H groups in total.